The van der Waals surface area contributed by atoms with Gasteiger partial charge in [-0.25, -0.2) is 4.98 Å². The van der Waals surface area contributed by atoms with Crippen molar-refractivity contribution in [2.24, 2.45) is 0 Å². The molecule has 0 spiro atoms. The van der Waals surface area contributed by atoms with Crippen LogP contribution in [0.5, 0.6) is 0 Å². The Bertz CT molecular complexity index is 451. The molecule has 0 aliphatic rings. The van der Waals surface area contributed by atoms with Gasteiger partial charge in [0.2, 0.25) is 0 Å². The second kappa shape index (κ2) is 4.58. The lowest BCUT2D eigenvalue weighted by Gasteiger charge is -1.90. The molecule has 0 aliphatic carbocycles. The summed E-state index contributed by atoms with van der Waals surface area (Å²) in [6.45, 7) is 0. The first kappa shape index (κ1) is 9.69. The predicted octanol–water partition coefficient (Wildman–Crippen LogP) is 1.25. The topological polar surface area (TPSA) is 79.8 Å². The van der Waals surface area contributed by atoms with E-state index in [9.17, 15) is 10.1 Å². The molecule has 1 heterocycles. The summed E-state index contributed by atoms with van der Waals surface area (Å²) in [5, 5.41) is 18.6. The summed E-state index contributed by atoms with van der Waals surface area (Å²) >= 11 is 0. The highest BCUT2D eigenvalue weighted by Gasteiger charge is 2.04. The Balaban J connectivity index is 2.92. The first-order chi connectivity index (χ1) is 6.74. The van der Waals surface area contributed by atoms with Gasteiger partial charge in [0.15, 0.2) is 0 Å². The third-order valence-electron chi connectivity index (χ3n) is 1.34. The Morgan fingerprint density at radius 2 is 2.43 bits per heavy atom. The summed E-state index contributed by atoms with van der Waals surface area (Å²) < 4.78 is 0. The van der Waals surface area contributed by atoms with Crippen LogP contribution in [-0.2, 0) is 0 Å². The number of hydrogen-bond acceptors (Lipinski definition) is 4. The van der Waals surface area contributed by atoms with Gasteiger partial charge in [-0.2, -0.15) is 5.26 Å². The van der Waals surface area contributed by atoms with Crippen LogP contribution in [0.4, 0.5) is 5.69 Å². The van der Waals surface area contributed by atoms with Crippen molar-refractivity contribution < 1.29 is 4.92 Å². The number of rotatable bonds is 1. The molecular formula is C9H5N3O2. The lowest BCUT2D eigenvalue weighted by Crippen LogP contribution is -1.90. The van der Waals surface area contributed by atoms with Gasteiger partial charge in [0, 0.05) is 12.3 Å². The minimum absolute atomic E-state index is 0.0544. The number of aromatic nitrogens is 1. The molecule has 0 saturated carbocycles. The molecule has 0 radical (unpaired) electrons. The van der Waals surface area contributed by atoms with Crippen molar-refractivity contribution in [3.8, 4) is 17.9 Å². The van der Waals surface area contributed by atoms with E-state index in [1.165, 1.54) is 18.3 Å². The van der Waals surface area contributed by atoms with E-state index < -0.39 is 4.92 Å². The Labute approximate surface area is 80.2 Å². The highest BCUT2D eigenvalue weighted by Crippen LogP contribution is 2.09. The van der Waals surface area contributed by atoms with Crippen LogP contribution in [-0.4, -0.2) is 9.91 Å². The normalized spacial score (nSPS) is 8.21. The van der Waals surface area contributed by atoms with Crippen LogP contribution in [0.2, 0.25) is 0 Å². The van der Waals surface area contributed by atoms with Crippen molar-refractivity contribution >= 4 is 5.69 Å². The molecule has 0 atom stereocenters. The Hall–Kier alpha value is -2.40. The maximum absolute atomic E-state index is 10.4. The standard InChI is InChI=1S/C9H5N3O2/c10-5-2-1-3-8-7-9(12(13)14)4-6-11-8/h4,6-7H,2H2. The average molecular weight is 187 g/mol. The number of nitrogens with zero attached hydrogens (tertiary/aromatic N) is 3. The lowest BCUT2D eigenvalue weighted by atomic mass is 10.3. The summed E-state index contributed by atoms with van der Waals surface area (Å²) in [4.78, 5) is 13.6. The zero-order chi connectivity index (χ0) is 10.4. The van der Waals surface area contributed by atoms with Crippen molar-refractivity contribution in [2.75, 3.05) is 0 Å². The molecule has 0 fully saturated rings. The van der Waals surface area contributed by atoms with E-state index in [0.29, 0.717) is 5.69 Å². The Morgan fingerprint density at radius 1 is 1.64 bits per heavy atom. The van der Waals surface area contributed by atoms with Crippen LogP contribution in [0, 0.1) is 33.3 Å². The molecule has 1 rings (SSSR count). The Morgan fingerprint density at radius 3 is 3.07 bits per heavy atom. The number of pyridine rings is 1. The fraction of sp³-hybridized carbons (Fsp3) is 0.111. The lowest BCUT2D eigenvalue weighted by molar-refractivity contribution is -0.385. The number of nitro groups is 1. The van der Waals surface area contributed by atoms with Crippen LogP contribution >= 0.6 is 0 Å². The second-order valence-corrected chi connectivity index (χ2v) is 2.29. The first-order valence-electron chi connectivity index (χ1n) is 3.70. The quantitative estimate of drug-likeness (QED) is 0.376. The van der Waals surface area contributed by atoms with E-state index in [1.807, 2.05) is 6.07 Å². The third kappa shape index (κ3) is 2.58. The van der Waals surface area contributed by atoms with E-state index in [4.69, 9.17) is 5.26 Å². The highest BCUT2D eigenvalue weighted by atomic mass is 16.6. The molecule has 0 amide bonds. The summed E-state index contributed by atoms with van der Waals surface area (Å²) in [7, 11) is 0. The van der Waals surface area contributed by atoms with E-state index in [1.54, 1.807) is 0 Å². The van der Waals surface area contributed by atoms with Crippen molar-refractivity contribution in [2.45, 2.75) is 6.42 Å². The van der Waals surface area contributed by atoms with Crippen LogP contribution in [0.3, 0.4) is 0 Å². The van der Waals surface area contributed by atoms with E-state index >= 15 is 0 Å². The zero-order valence-corrected chi connectivity index (χ0v) is 7.10. The van der Waals surface area contributed by atoms with Crippen LogP contribution < -0.4 is 0 Å². The first-order valence-corrected chi connectivity index (χ1v) is 3.70. The molecule has 0 aliphatic heterocycles. The fourth-order valence-corrected chi connectivity index (χ4v) is 0.776. The second-order valence-electron chi connectivity index (χ2n) is 2.29. The van der Waals surface area contributed by atoms with Gasteiger partial charge in [0.1, 0.15) is 5.69 Å². The molecule has 0 saturated heterocycles. The van der Waals surface area contributed by atoms with Gasteiger partial charge >= 0.3 is 0 Å². The maximum Gasteiger partial charge on any atom is 0.273 e. The fourth-order valence-electron chi connectivity index (χ4n) is 0.776. The summed E-state index contributed by atoms with van der Waals surface area (Å²) in [5.74, 6) is 5.07. The zero-order valence-electron chi connectivity index (χ0n) is 7.10. The van der Waals surface area contributed by atoms with Gasteiger partial charge in [-0.1, -0.05) is 5.92 Å². The van der Waals surface area contributed by atoms with Crippen LogP contribution in [0.15, 0.2) is 18.3 Å². The van der Waals surface area contributed by atoms with E-state index in [-0.39, 0.29) is 12.1 Å². The molecule has 1 aromatic rings. The molecule has 5 nitrogen and oxygen atoms in total. The maximum atomic E-state index is 10.4. The van der Waals surface area contributed by atoms with Crippen molar-refractivity contribution in [1.82, 2.24) is 4.98 Å². The van der Waals surface area contributed by atoms with Gasteiger partial charge < -0.3 is 0 Å². The van der Waals surface area contributed by atoms with Crippen molar-refractivity contribution in [1.29, 1.82) is 5.26 Å². The van der Waals surface area contributed by atoms with Crippen LogP contribution in [0.25, 0.3) is 0 Å². The summed E-state index contributed by atoms with van der Waals surface area (Å²) in [6, 6.07) is 4.40. The Kier molecular flexibility index (Phi) is 3.17. The summed E-state index contributed by atoms with van der Waals surface area (Å²) in [5.41, 5.74) is 0.246. The van der Waals surface area contributed by atoms with Gasteiger partial charge in [-0.3, -0.25) is 10.1 Å². The monoisotopic (exact) mass is 187 g/mol. The van der Waals surface area contributed by atoms with Crippen molar-refractivity contribution in [3.05, 3.63) is 34.1 Å². The molecule has 0 bridgehead atoms. The molecule has 5 heteroatoms. The summed E-state index contributed by atoms with van der Waals surface area (Å²) in [6.07, 6.45) is 1.40. The minimum atomic E-state index is -0.517. The SMILES string of the molecule is N#CCC#Cc1cc([N+](=O)[O-])ccn1. The number of nitriles is 1. The molecule has 14 heavy (non-hydrogen) atoms. The molecule has 0 unspecified atom stereocenters. The third-order valence-corrected chi connectivity index (χ3v) is 1.34. The molecule has 0 N–H and O–H groups in total. The van der Waals surface area contributed by atoms with Gasteiger partial charge in [0.05, 0.1) is 23.5 Å². The molecule has 1 aromatic heterocycles. The number of hydrogen-bond donors (Lipinski definition) is 0. The van der Waals surface area contributed by atoms with Gasteiger partial charge in [0.25, 0.3) is 5.69 Å². The molecular weight excluding hydrogens is 182 g/mol. The largest absolute Gasteiger partial charge is 0.273 e. The smallest absolute Gasteiger partial charge is 0.258 e. The molecule has 0 aromatic carbocycles. The van der Waals surface area contributed by atoms with E-state index in [0.717, 1.165) is 0 Å². The van der Waals surface area contributed by atoms with Gasteiger partial charge in [-0.15, -0.1) is 0 Å². The predicted molar refractivity (Wildman–Crippen MR) is 48.0 cm³/mol. The molecule has 68 valence electrons. The average Bonchev–Trinajstić information content (AvgIpc) is 2.19. The van der Waals surface area contributed by atoms with Crippen molar-refractivity contribution in [3.63, 3.8) is 0 Å². The van der Waals surface area contributed by atoms with E-state index in [2.05, 4.69) is 16.8 Å². The van der Waals surface area contributed by atoms with Gasteiger partial charge in [-0.05, 0) is 5.92 Å². The minimum Gasteiger partial charge on any atom is -0.258 e. The highest BCUT2D eigenvalue weighted by molar-refractivity contribution is 5.37. The van der Waals surface area contributed by atoms with Crippen LogP contribution in [0.1, 0.15) is 12.1 Å².